The van der Waals surface area contributed by atoms with E-state index < -0.39 is 17.3 Å². The van der Waals surface area contributed by atoms with Crippen molar-refractivity contribution < 1.29 is 18.0 Å². The summed E-state index contributed by atoms with van der Waals surface area (Å²) in [5.74, 6) is 0. The van der Waals surface area contributed by atoms with Gasteiger partial charge in [-0.3, -0.25) is 4.79 Å². The highest BCUT2D eigenvalue weighted by atomic mass is 35.5. The first-order valence-corrected chi connectivity index (χ1v) is 3.58. The molecule has 13 heavy (non-hydrogen) atoms. The molecule has 0 fully saturated rings. The van der Waals surface area contributed by atoms with Crippen LogP contribution in [0.15, 0.2) is 18.2 Å². The van der Waals surface area contributed by atoms with Crippen LogP contribution in [-0.4, -0.2) is 6.29 Å². The molecule has 0 spiro atoms. The molecule has 0 aliphatic rings. The Labute approximate surface area is 77.1 Å². The van der Waals surface area contributed by atoms with E-state index in [-0.39, 0.29) is 5.02 Å². The van der Waals surface area contributed by atoms with Crippen molar-refractivity contribution in [3.63, 3.8) is 0 Å². The Bertz CT molecular complexity index is 333. The second kappa shape index (κ2) is 3.38. The van der Waals surface area contributed by atoms with E-state index in [1.165, 1.54) is 12.4 Å². The molecule has 0 aliphatic heterocycles. The molecule has 0 heterocycles. The highest BCUT2D eigenvalue weighted by Gasteiger charge is 2.34. The summed E-state index contributed by atoms with van der Waals surface area (Å²) in [5.41, 5.74) is -1.70. The Morgan fingerprint density at radius 2 is 1.92 bits per heavy atom. The molecule has 1 rings (SSSR count). The molecule has 0 saturated heterocycles. The molecule has 1 aromatic carbocycles. The van der Waals surface area contributed by atoms with Gasteiger partial charge in [-0.1, -0.05) is 17.7 Å². The highest BCUT2D eigenvalue weighted by Crippen LogP contribution is 2.33. The number of hydrogen-bond acceptors (Lipinski definition) is 1. The Hall–Kier alpha value is -1.03. The molecule has 1 aromatic rings. The predicted octanol–water partition coefficient (Wildman–Crippen LogP) is 2.82. The van der Waals surface area contributed by atoms with Gasteiger partial charge in [0.25, 0.3) is 0 Å². The van der Waals surface area contributed by atoms with Gasteiger partial charge in [0.05, 0.1) is 16.1 Å². The number of alkyl halides is 3. The minimum Gasteiger partial charge on any atom is -0.285 e. The number of rotatable bonds is 1. The maximum atomic E-state index is 12.2. The third kappa shape index (κ3) is 2.01. The molecule has 5 heteroatoms. The van der Waals surface area contributed by atoms with E-state index in [1.807, 2.05) is 0 Å². The van der Waals surface area contributed by atoms with E-state index >= 15 is 0 Å². The topological polar surface area (TPSA) is 17.1 Å². The smallest absolute Gasteiger partial charge is 0.285 e. The molecule has 0 bridgehead atoms. The first-order valence-electron chi connectivity index (χ1n) is 3.20. The minimum absolute atomic E-state index is 0.246. The van der Waals surface area contributed by atoms with Gasteiger partial charge in [-0.2, -0.15) is 13.2 Å². The van der Waals surface area contributed by atoms with Crippen LogP contribution in [0.5, 0.6) is 0 Å². The molecule has 0 atom stereocenters. The third-order valence-corrected chi connectivity index (χ3v) is 1.74. The summed E-state index contributed by atoms with van der Waals surface area (Å²) in [7, 11) is 0. The number of hydrogen-bond donors (Lipinski definition) is 0. The molecule has 0 amide bonds. The van der Waals surface area contributed by atoms with Gasteiger partial charge in [-0.15, -0.1) is 0 Å². The molecular weight excluding hydrogens is 205 g/mol. The van der Waals surface area contributed by atoms with Crippen LogP contribution in [0.4, 0.5) is 13.2 Å². The number of halogens is 4. The van der Waals surface area contributed by atoms with Gasteiger partial charge in [0.1, 0.15) is 0 Å². The van der Waals surface area contributed by atoms with Crippen molar-refractivity contribution in [1.82, 2.24) is 0 Å². The van der Waals surface area contributed by atoms with Gasteiger partial charge in [0.2, 0.25) is 6.29 Å². The van der Waals surface area contributed by atoms with Crippen molar-refractivity contribution in [2.75, 3.05) is 0 Å². The SMILES string of the molecule is O=[C]c1c(Cl)cccc1C(F)(F)F. The fourth-order valence-corrected chi connectivity index (χ4v) is 1.08. The maximum Gasteiger partial charge on any atom is 0.417 e. The second-order valence-electron chi connectivity index (χ2n) is 2.26. The summed E-state index contributed by atoms with van der Waals surface area (Å²) in [6.45, 7) is 0. The summed E-state index contributed by atoms with van der Waals surface area (Å²) in [6, 6.07) is 3.12. The number of carbonyl (C=O) groups excluding carboxylic acids is 1. The Morgan fingerprint density at radius 3 is 2.31 bits per heavy atom. The molecule has 0 N–H and O–H groups in total. The predicted molar refractivity (Wildman–Crippen MR) is 41.2 cm³/mol. The molecule has 0 unspecified atom stereocenters. The second-order valence-corrected chi connectivity index (χ2v) is 2.67. The van der Waals surface area contributed by atoms with E-state index in [9.17, 15) is 18.0 Å². The minimum atomic E-state index is -4.57. The Balaban J connectivity index is 3.37. The van der Waals surface area contributed by atoms with Crippen molar-refractivity contribution in [2.45, 2.75) is 6.18 Å². The number of benzene rings is 1. The van der Waals surface area contributed by atoms with E-state index in [2.05, 4.69) is 0 Å². The summed E-state index contributed by atoms with van der Waals surface area (Å²) in [6.07, 6.45) is -3.40. The summed E-state index contributed by atoms with van der Waals surface area (Å²) < 4.78 is 36.5. The van der Waals surface area contributed by atoms with E-state index in [4.69, 9.17) is 11.6 Å². The average molecular weight is 208 g/mol. The third-order valence-electron chi connectivity index (χ3n) is 1.42. The van der Waals surface area contributed by atoms with E-state index in [1.54, 1.807) is 0 Å². The van der Waals surface area contributed by atoms with Crippen LogP contribution in [0.3, 0.4) is 0 Å². The molecule has 0 saturated carbocycles. The van der Waals surface area contributed by atoms with Crippen molar-refractivity contribution in [3.8, 4) is 0 Å². The largest absolute Gasteiger partial charge is 0.417 e. The van der Waals surface area contributed by atoms with Crippen molar-refractivity contribution >= 4 is 17.9 Å². The standard InChI is InChI=1S/C8H3ClF3O/c9-7-3-1-2-6(5(7)4-13)8(10,11)12/h1-3H. The first-order chi connectivity index (χ1) is 5.96. The zero-order valence-corrected chi connectivity index (χ0v) is 6.91. The van der Waals surface area contributed by atoms with E-state index in [0.717, 1.165) is 12.1 Å². The lowest BCUT2D eigenvalue weighted by Crippen LogP contribution is -2.09. The average Bonchev–Trinajstić information content (AvgIpc) is 2.02. The summed E-state index contributed by atoms with van der Waals surface area (Å²) in [5, 5.41) is -0.246. The molecule has 1 radical (unpaired) electrons. The lowest BCUT2D eigenvalue weighted by atomic mass is 10.1. The zero-order chi connectivity index (χ0) is 10.1. The summed E-state index contributed by atoms with van der Waals surface area (Å²) >= 11 is 5.37. The van der Waals surface area contributed by atoms with Gasteiger partial charge in [-0.25, -0.2) is 0 Å². The normalized spacial score (nSPS) is 11.4. The fraction of sp³-hybridized carbons (Fsp3) is 0.125. The molecular formula is C8H3ClF3O. The molecule has 0 aliphatic carbocycles. The lowest BCUT2D eigenvalue weighted by Gasteiger charge is -2.08. The monoisotopic (exact) mass is 207 g/mol. The van der Waals surface area contributed by atoms with Crippen LogP contribution in [0, 0.1) is 0 Å². The van der Waals surface area contributed by atoms with Crippen LogP contribution in [0.25, 0.3) is 0 Å². The van der Waals surface area contributed by atoms with Crippen LogP contribution in [-0.2, 0) is 11.0 Å². The van der Waals surface area contributed by atoms with Crippen molar-refractivity contribution in [3.05, 3.63) is 34.3 Å². The van der Waals surface area contributed by atoms with Crippen LogP contribution >= 0.6 is 11.6 Å². The van der Waals surface area contributed by atoms with E-state index in [0.29, 0.717) is 0 Å². The van der Waals surface area contributed by atoms with Crippen molar-refractivity contribution in [2.24, 2.45) is 0 Å². The quantitative estimate of drug-likeness (QED) is 0.692. The Kier molecular flexibility index (Phi) is 2.61. The van der Waals surface area contributed by atoms with Gasteiger partial charge in [-0.05, 0) is 12.1 Å². The van der Waals surface area contributed by atoms with Gasteiger partial charge in [0, 0.05) is 0 Å². The molecule has 1 nitrogen and oxygen atoms in total. The van der Waals surface area contributed by atoms with Crippen LogP contribution < -0.4 is 0 Å². The lowest BCUT2D eigenvalue weighted by molar-refractivity contribution is -0.137. The highest BCUT2D eigenvalue weighted by molar-refractivity contribution is 6.33. The zero-order valence-electron chi connectivity index (χ0n) is 6.15. The van der Waals surface area contributed by atoms with Crippen LogP contribution in [0.1, 0.15) is 11.1 Å². The summed E-state index contributed by atoms with van der Waals surface area (Å²) in [4.78, 5) is 10.2. The fourth-order valence-electron chi connectivity index (χ4n) is 0.864. The molecule has 69 valence electrons. The molecule has 0 aromatic heterocycles. The Morgan fingerprint density at radius 1 is 1.31 bits per heavy atom. The maximum absolute atomic E-state index is 12.2. The van der Waals surface area contributed by atoms with Crippen LogP contribution in [0.2, 0.25) is 5.02 Å². The first kappa shape index (κ1) is 10.1. The van der Waals surface area contributed by atoms with Gasteiger partial charge >= 0.3 is 6.18 Å². The van der Waals surface area contributed by atoms with Crippen molar-refractivity contribution in [1.29, 1.82) is 0 Å². The van der Waals surface area contributed by atoms with Gasteiger partial charge < -0.3 is 0 Å². The van der Waals surface area contributed by atoms with Gasteiger partial charge in [0.15, 0.2) is 0 Å².